The minimum Gasteiger partial charge on any atom is -0.497 e. The quantitative estimate of drug-likeness (QED) is 0.559. The second kappa shape index (κ2) is 7.70. The molecule has 0 saturated carbocycles. The van der Waals surface area contributed by atoms with Crippen LogP contribution in [0, 0.1) is 0 Å². The van der Waals surface area contributed by atoms with Crippen molar-refractivity contribution in [2.45, 2.75) is 6.04 Å². The zero-order valence-electron chi connectivity index (χ0n) is 15.0. The third kappa shape index (κ3) is 3.42. The van der Waals surface area contributed by atoms with Gasteiger partial charge in [0.1, 0.15) is 10.8 Å². The molecule has 0 spiro atoms. The van der Waals surface area contributed by atoms with Crippen LogP contribution in [0.1, 0.15) is 27.7 Å². The maximum Gasteiger partial charge on any atom is 0.274 e. The highest BCUT2D eigenvalue weighted by molar-refractivity contribution is 6.36. The first-order valence-electron chi connectivity index (χ1n) is 8.66. The maximum atomic E-state index is 13.0. The predicted octanol–water partition coefficient (Wildman–Crippen LogP) is 3.91. The summed E-state index contributed by atoms with van der Waals surface area (Å²) in [5.74, 6) is 0.329. The van der Waals surface area contributed by atoms with Crippen molar-refractivity contribution in [2.75, 3.05) is 7.11 Å². The zero-order chi connectivity index (χ0) is 19.5. The Morgan fingerprint density at radius 1 is 1.11 bits per heavy atom. The van der Waals surface area contributed by atoms with Gasteiger partial charge in [-0.05, 0) is 29.3 Å². The first-order chi connectivity index (χ1) is 13.7. The average Bonchev–Trinajstić information content (AvgIpc) is 3.09. The SMILES string of the molecule is COc1cccc(C(NC(=O)c2nn3cccnc3c2Cl)c2ccccc2)c1. The summed E-state index contributed by atoms with van der Waals surface area (Å²) in [4.78, 5) is 17.2. The lowest BCUT2D eigenvalue weighted by atomic mass is 9.98. The highest BCUT2D eigenvalue weighted by Gasteiger charge is 2.23. The summed E-state index contributed by atoms with van der Waals surface area (Å²) < 4.78 is 6.82. The van der Waals surface area contributed by atoms with E-state index in [2.05, 4.69) is 15.4 Å². The second-order valence-corrected chi connectivity index (χ2v) is 6.52. The molecule has 0 bridgehead atoms. The lowest BCUT2D eigenvalue weighted by Gasteiger charge is -2.20. The Morgan fingerprint density at radius 3 is 2.64 bits per heavy atom. The molecule has 7 heteroatoms. The fraction of sp³-hybridized carbons (Fsp3) is 0.0952. The minimum absolute atomic E-state index is 0.129. The molecule has 2 aromatic heterocycles. The van der Waals surface area contributed by atoms with E-state index in [1.165, 1.54) is 4.52 Å². The van der Waals surface area contributed by atoms with E-state index in [0.717, 1.165) is 11.1 Å². The smallest absolute Gasteiger partial charge is 0.274 e. The van der Waals surface area contributed by atoms with Crippen LogP contribution >= 0.6 is 11.6 Å². The number of methoxy groups -OCH3 is 1. The van der Waals surface area contributed by atoms with Crippen molar-refractivity contribution in [3.8, 4) is 5.75 Å². The number of hydrogen-bond acceptors (Lipinski definition) is 4. The van der Waals surface area contributed by atoms with Crippen LogP contribution in [0.2, 0.25) is 5.02 Å². The zero-order valence-corrected chi connectivity index (χ0v) is 15.8. The number of amides is 1. The highest BCUT2D eigenvalue weighted by Crippen LogP contribution is 2.27. The average molecular weight is 393 g/mol. The molecule has 0 radical (unpaired) electrons. The third-order valence-corrected chi connectivity index (χ3v) is 4.74. The lowest BCUT2D eigenvalue weighted by Crippen LogP contribution is -2.30. The van der Waals surface area contributed by atoms with Gasteiger partial charge in [-0.2, -0.15) is 5.10 Å². The van der Waals surface area contributed by atoms with Crippen LogP contribution in [-0.2, 0) is 0 Å². The fourth-order valence-electron chi connectivity index (χ4n) is 3.03. The van der Waals surface area contributed by atoms with Crippen LogP contribution in [0.4, 0.5) is 0 Å². The number of rotatable bonds is 5. The summed E-state index contributed by atoms with van der Waals surface area (Å²) in [6, 6.07) is 18.6. The third-order valence-electron chi connectivity index (χ3n) is 4.39. The molecule has 140 valence electrons. The first kappa shape index (κ1) is 18.0. The van der Waals surface area contributed by atoms with Crippen LogP contribution in [0.25, 0.3) is 5.65 Å². The summed E-state index contributed by atoms with van der Waals surface area (Å²) in [5, 5.41) is 7.53. The van der Waals surface area contributed by atoms with E-state index in [1.54, 1.807) is 25.6 Å². The number of carbonyl (C=O) groups is 1. The maximum absolute atomic E-state index is 13.0. The standard InChI is InChI=1S/C21H17ClN4O2/c1-28-16-10-5-9-15(13-16)18(14-7-3-2-4-8-14)24-21(27)19-17(22)20-23-11-6-12-26(20)25-19/h2-13,18H,1H3,(H,24,27). The number of benzene rings is 2. The van der Waals surface area contributed by atoms with Crippen molar-refractivity contribution >= 4 is 23.2 Å². The molecule has 6 nitrogen and oxygen atoms in total. The van der Waals surface area contributed by atoms with Gasteiger partial charge in [-0.1, -0.05) is 54.1 Å². The molecule has 1 amide bonds. The Bertz CT molecular complexity index is 1130. The lowest BCUT2D eigenvalue weighted by molar-refractivity contribution is 0.0937. The normalized spacial score (nSPS) is 11.9. The van der Waals surface area contributed by atoms with E-state index in [9.17, 15) is 4.79 Å². The van der Waals surface area contributed by atoms with E-state index in [0.29, 0.717) is 11.4 Å². The summed E-state index contributed by atoms with van der Waals surface area (Å²) in [6.07, 6.45) is 3.30. The molecule has 2 aromatic carbocycles. The number of ether oxygens (including phenoxy) is 1. The molecule has 0 aliphatic rings. The van der Waals surface area contributed by atoms with Crippen LogP contribution in [0.3, 0.4) is 0 Å². The number of nitrogens with zero attached hydrogens (tertiary/aromatic N) is 3. The van der Waals surface area contributed by atoms with Gasteiger partial charge >= 0.3 is 0 Å². The topological polar surface area (TPSA) is 68.5 Å². The number of hydrogen-bond donors (Lipinski definition) is 1. The molecule has 0 aliphatic heterocycles. The van der Waals surface area contributed by atoms with E-state index < -0.39 is 6.04 Å². The molecule has 1 atom stereocenters. The molecule has 0 saturated heterocycles. The summed E-state index contributed by atoms with van der Waals surface area (Å²) in [6.45, 7) is 0. The van der Waals surface area contributed by atoms with Gasteiger partial charge in [0.05, 0.1) is 13.2 Å². The van der Waals surface area contributed by atoms with Gasteiger partial charge in [-0.3, -0.25) is 4.79 Å². The van der Waals surface area contributed by atoms with Gasteiger partial charge in [-0.25, -0.2) is 9.50 Å². The van der Waals surface area contributed by atoms with E-state index >= 15 is 0 Å². The Balaban J connectivity index is 1.72. The molecule has 4 aromatic rings. The van der Waals surface area contributed by atoms with Crippen molar-refractivity contribution < 1.29 is 9.53 Å². The van der Waals surface area contributed by atoms with Gasteiger partial charge in [0.2, 0.25) is 0 Å². The van der Waals surface area contributed by atoms with Crippen molar-refractivity contribution in [1.82, 2.24) is 19.9 Å². The van der Waals surface area contributed by atoms with Crippen LogP contribution in [0.15, 0.2) is 73.1 Å². The van der Waals surface area contributed by atoms with Crippen molar-refractivity contribution in [2.24, 2.45) is 0 Å². The Morgan fingerprint density at radius 2 is 1.89 bits per heavy atom. The Labute approximate surface area is 166 Å². The summed E-state index contributed by atoms with van der Waals surface area (Å²) >= 11 is 6.35. The van der Waals surface area contributed by atoms with Crippen LogP contribution < -0.4 is 10.1 Å². The molecule has 0 aliphatic carbocycles. The number of nitrogens with one attached hydrogen (secondary N) is 1. The predicted molar refractivity (Wildman–Crippen MR) is 107 cm³/mol. The number of halogens is 1. The van der Waals surface area contributed by atoms with Crippen molar-refractivity contribution in [3.05, 3.63) is 94.9 Å². The summed E-state index contributed by atoms with van der Waals surface area (Å²) in [7, 11) is 1.61. The Hall–Kier alpha value is -3.38. The number of fused-ring (bicyclic) bond motifs is 1. The van der Waals surface area contributed by atoms with E-state index in [4.69, 9.17) is 16.3 Å². The molecule has 1 unspecified atom stereocenters. The van der Waals surface area contributed by atoms with Crippen LogP contribution in [0.5, 0.6) is 5.75 Å². The first-order valence-corrected chi connectivity index (χ1v) is 9.04. The van der Waals surface area contributed by atoms with E-state index in [-0.39, 0.29) is 16.6 Å². The minimum atomic E-state index is -0.391. The number of carbonyl (C=O) groups excluding carboxylic acids is 1. The number of aromatic nitrogens is 3. The van der Waals surface area contributed by atoms with Gasteiger partial charge in [-0.15, -0.1) is 0 Å². The summed E-state index contributed by atoms with van der Waals surface area (Å²) in [5.41, 5.74) is 2.38. The second-order valence-electron chi connectivity index (χ2n) is 6.14. The molecule has 0 fully saturated rings. The van der Waals surface area contributed by atoms with E-state index in [1.807, 2.05) is 54.6 Å². The molecule has 28 heavy (non-hydrogen) atoms. The molecular weight excluding hydrogens is 376 g/mol. The molecule has 2 heterocycles. The van der Waals surface area contributed by atoms with Crippen molar-refractivity contribution in [3.63, 3.8) is 0 Å². The van der Waals surface area contributed by atoms with Gasteiger partial charge in [0.15, 0.2) is 11.3 Å². The van der Waals surface area contributed by atoms with Crippen molar-refractivity contribution in [1.29, 1.82) is 0 Å². The van der Waals surface area contributed by atoms with Gasteiger partial charge in [0, 0.05) is 12.4 Å². The molecular formula is C21H17ClN4O2. The van der Waals surface area contributed by atoms with Gasteiger partial charge < -0.3 is 10.1 Å². The fourth-order valence-corrected chi connectivity index (χ4v) is 3.29. The van der Waals surface area contributed by atoms with Gasteiger partial charge in [0.25, 0.3) is 5.91 Å². The molecule has 4 rings (SSSR count). The molecule has 1 N–H and O–H groups in total. The largest absolute Gasteiger partial charge is 0.497 e. The monoisotopic (exact) mass is 392 g/mol. The Kier molecular flexibility index (Phi) is 4.95. The van der Waals surface area contributed by atoms with Crippen LogP contribution in [-0.4, -0.2) is 27.6 Å². The highest BCUT2D eigenvalue weighted by atomic mass is 35.5.